The first kappa shape index (κ1) is 15.8. The molecule has 0 aliphatic carbocycles. The Balaban J connectivity index is 1.89. The molecule has 3 rings (SSSR count). The Hall–Kier alpha value is -3.05. The first-order chi connectivity index (χ1) is 11.8. The van der Waals surface area contributed by atoms with Crippen LogP contribution in [0.15, 0.2) is 83.5 Å². The summed E-state index contributed by atoms with van der Waals surface area (Å²) in [6, 6.07) is 21.2. The molecule has 1 atom stereocenters. The number of carbonyl (C=O) groups is 1. The molecule has 0 unspecified atom stereocenters. The fourth-order valence-corrected chi connectivity index (χ4v) is 2.45. The molecule has 0 saturated carbocycles. The van der Waals surface area contributed by atoms with Crippen molar-refractivity contribution < 1.29 is 14.3 Å². The number of para-hydroxylation sites is 2. The van der Waals surface area contributed by atoms with Gasteiger partial charge in [-0.1, -0.05) is 36.4 Å². The van der Waals surface area contributed by atoms with Crippen molar-refractivity contribution in [3.63, 3.8) is 0 Å². The molecule has 2 aromatic carbocycles. The Morgan fingerprint density at radius 1 is 0.958 bits per heavy atom. The monoisotopic (exact) mass is 322 g/mol. The van der Waals surface area contributed by atoms with Crippen LogP contribution in [0.25, 0.3) is 0 Å². The maximum absolute atomic E-state index is 12.9. The highest BCUT2D eigenvalue weighted by molar-refractivity contribution is 5.99. The van der Waals surface area contributed by atoms with Crippen LogP contribution >= 0.6 is 0 Å². The van der Waals surface area contributed by atoms with Gasteiger partial charge in [-0.15, -0.1) is 0 Å². The number of furan rings is 1. The van der Waals surface area contributed by atoms with Crippen molar-refractivity contribution in [2.75, 3.05) is 11.5 Å². The lowest BCUT2D eigenvalue weighted by atomic mass is 10.2. The van der Waals surface area contributed by atoms with E-state index in [2.05, 4.69) is 5.32 Å². The van der Waals surface area contributed by atoms with E-state index in [9.17, 15) is 9.90 Å². The topological polar surface area (TPSA) is 65.7 Å². The number of anilines is 2. The van der Waals surface area contributed by atoms with E-state index in [0.717, 1.165) is 11.4 Å². The van der Waals surface area contributed by atoms with E-state index in [-0.39, 0.29) is 12.6 Å². The molecule has 0 radical (unpaired) electrons. The van der Waals surface area contributed by atoms with Crippen molar-refractivity contribution in [3.05, 3.63) is 84.8 Å². The Labute approximate surface area is 140 Å². The lowest BCUT2D eigenvalue weighted by molar-refractivity contribution is 0.212. The van der Waals surface area contributed by atoms with Gasteiger partial charge in [-0.25, -0.2) is 4.79 Å². The minimum Gasteiger partial charge on any atom is -0.467 e. The molecule has 5 nitrogen and oxygen atoms in total. The second kappa shape index (κ2) is 7.48. The molecule has 0 aliphatic heterocycles. The summed E-state index contributed by atoms with van der Waals surface area (Å²) in [5.74, 6) is 0.506. The molecular formula is C19H18N2O3. The molecule has 0 aliphatic rings. The zero-order valence-electron chi connectivity index (χ0n) is 13.0. The normalized spacial score (nSPS) is 11.7. The molecule has 0 bridgehead atoms. The number of benzene rings is 2. The van der Waals surface area contributed by atoms with Crippen LogP contribution in [0.1, 0.15) is 11.8 Å². The number of rotatable bonds is 5. The molecule has 24 heavy (non-hydrogen) atoms. The van der Waals surface area contributed by atoms with Crippen molar-refractivity contribution >= 4 is 17.4 Å². The second-order valence-corrected chi connectivity index (χ2v) is 5.21. The smallest absolute Gasteiger partial charge is 0.327 e. The van der Waals surface area contributed by atoms with Gasteiger partial charge in [0.15, 0.2) is 0 Å². The van der Waals surface area contributed by atoms with Crippen molar-refractivity contribution in [1.82, 2.24) is 5.32 Å². The van der Waals surface area contributed by atoms with Crippen molar-refractivity contribution in [2.24, 2.45) is 0 Å². The van der Waals surface area contributed by atoms with Gasteiger partial charge in [0.2, 0.25) is 0 Å². The first-order valence-corrected chi connectivity index (χ1v) is 7.64. The highest BCUT2D eigenvalue weighted by atomic mass is 16.3. The summed E-state index contributed by atoms with van der Waals surface area (Å²) in [6.07, 6.45) is 1.51. The Kier molecular flexibility index (Phi) is 4.93. The zero-order chi connectivity index (χ0) is 16.8. The van der Waals surface area contributed by atoms with E-state index in [1.165, 1.54) is 6.26 Å². The summed E-state index contributed by atoms with van der Waals surface area (Å²) in [4.78, 5) is 14.4. The summed E-state index contributed by atoms with van der Waals surface area (Å²) >= 11 is 0. The predicted molar refractivity (Wildman–Crippen MR) is 92.1 cm³/mol. The summed E-state index contributed by atoms with van der Waals surface area (Å²) in [6.45, 7) is -0.253. The van der Waals surface area contributed by atoms with Gasteiger partial charge in [-0.05, 0) is 36.4 Å². The van der Waals surface area contributed by atoms with Gasteiger partial charge in [0.05, 0.1) is 24.2 Å². The molecule has 0 spiro atoms. The van der Waals surface area contributed by atoms with Crippen molar-refractivity contribution in [2.45, 2.75) is 6.04 Å². The summed E-state index contributed by atoms with van der Waals surface area (Å²) in [7, 11) is 0. The van der Waals surface area contributed by atoms with Crippen LogP contribution in [-0.4, -0.2) is 17.7 Å². The third kappa shape index (κ3) is 3.47. The van der Waals surface area contributed by atoms with Gasteiger partial charge < -0.3 is 14.8 Å². The van der Waals surface area contributed by atoms with Gasteiger partial charge in [0.25, 0.3) is 0 Å². The Morgan fingerprint density at radius 2 is 1.54 bits per heavy atom. The summed E-state index contributed by atoms with van der Waals surface area (Å²) < 4.78 is 5.29. The zero-order valence-corrected chi connectivity index (χ0v) is 13.0. The number of hydrogen-bond donors (Lipinski definition) is 2. The average molecular weight is 322 g/mol. The molecule has 122 valence electrons. The quantitative estimate of drug-likeness (QED) is 0.749. The highest BCUT2D eigenvalue weighted by Gasteiger charge is 2.22. The lowest BCUT2D eigenvalue weighted by Crippen LogP contribution is -2.40. The third-order valence-electron chi connectivity index (χ3n) is 3.60. The predicted octanol–water partition coefficient (Wildman–Crippen LogP) is 3.86. The van der Waals surface area contributed by atoms with Crippen LogP contribution in [-0.2, 0) is 0 Å². The Bertz CT molecular complexity index is 718. The number of hydrogen-bond acceptors (Lipinski definition) is 3. The van der Waals surface area contributed by atoms with Gasteiger partial charge in [0, 0.05) is 0 Å². The van der Waals surface area contributed by atoms with Gasteiger partial charge in [0.1, 0.15) is 11.8 Å². The van der Waals surface area contributed by atoms with E-state index in [1.807, 2.05) is 60.7 Å². The highest BCUT2D eigenvalue weighted by Crippen LogP contribution is 2.26. The molecule has 0 fully saturated rings. The second-order valence-electron chi connectivity index (χ2n) is 5.21. The number of carbonyl (C=O) groups excluding carboxylic acids is 1. The number of amides is 2. The molecule has 5 heteroatoms. The third-order valence-corrected chi connectivity index (χ3v) is 3.60. The standard InChI is InChI=1S/C19H18N2O3/c22-14-17(18-12-7-13-24-18)20-19(23)21(15-8-3-1-4-9-15)16-10-5-2-6-11-16/h1-13,17,22H,14H2,(H,20,23)/t17-/m1/s1. The van der Waals surface area contributed by atoms with Crippen LogP contribution in [0.4, 0.5) is 16.2 Å². The van der Waals surface area contributed by atoms with Crippen molar-refractivity contribution in [1.29, 1.82) is 0 Å². The molecule has 1 heterocycles. The van der Waals surface area contributed by atoms with Crippen LogP contribution in [0.3, 0.4) is 0 Å². The number of aliphatic hydroxyl groups is 1. The molecule has 1 aromatic heterocycles. The van der Waals surface area contributed by atoms with E-state index >= 15 is 0 Å². The van der Waals surface area contributed by atoms with E-state index in [0.29, 0.717) is 5.76 Å². The molecular weight excluding hydrogens is 304 g/mol. The van der Waals surface area contributed by atoms with Gasteiger partial charge >= 0.3 is 6.03 Å². The summed E-state index contributed by atoms with van der Waals surface area (Å²) in [5, 5.41) is 12.4. The van der Waals surface area contributed by atoms with Gasteiger partial charge in [-0.3, -0.25) is 4.90 Å². The number of nitrogens with zero attached hydrogens (tertiary/aromatic N) is 1. The minimum absolute atomic E-state index is 0.253. The lowest BCUT2D eigenvalue weighted by Gasteiger charge is -2.25. The van der Waals surface area contributed by atoms with Crippen molar-refractivity contribution in [3.8, 4) is 0 Å². The van der Waals surface area contributed by atoms with E-state index in [4.69, 9.17) is 4.42 Å². The molecule has 3 aromatic rings. The molecule has 0 saturated heterocycles. The van der Waals surface area contributed by atoms with Crippen LogP contribution in [0.5, 0.6) is 0 Å². The number of aliphatic hydroxyl groups excluding tert-OH is 1. The largest absolute Gasteiger partial charge is 0.467 e. The Morgan fingerprint density at radius 3 is 2.00 bits per heavy atom. The number of nitrogens with one attached hydrogen (secondary N) is 1. The first-order valence-electron chi connectivity index (χ1n) is 7.64. The molecule has 2 amide bonds. The van der Waals surface area contributed by atoms with Crippen LogP contribution in [0.2, 0.25) is 0 Å². The molecule has 2 N–H and O–H groups in total. The maximum Gasteiger partial charge on any atom is 0.327 e. The maximum atomic E-state index is 12.9. The van der Waals surface area contributed by atoms with E-state index < -0.39 is 6.04 Å². The average Bonchev–Trinajstić information content (AvgIpc) is 3.16. The number of urea groups is 1. The fraction of sp³-hybridized carbons (Fsp3) is 0.105. The SMILES string of the molecule is O=C(N[C@H](CO)c1ccco1)N(c1ccccc1)c1ccccc1. The minimum atomic E-state index is -0.609. The fourth-order valence-electron chi connectivity index (χ4n) is 2.45. The van der Waals surface area contributed by atoms with Gasteiger partial charge in [-0.2, -0.15) is 0 Å². The van der Waals surface area contributed by atoms with Crippen LogP contribution in [0, 0.1) is 0 Å². The summed E-state index contributed by atoms with van der Waals surface area (Å²) in [5.41, 5.74) is 1.47. The van der Waals surface area contributed by atoms with Crippen LogP contribution < -0.4 is 10.2 Å². The van der Waals surface area contributed by atoms with E-state index in [1.54, 1.807) is 17.0 Å².